The summed E-state index contributed by atoms with van der Waals surface area (Å²) in [5.41, 5.74) is 0.171. The lowest BCUT2D eigenvalue weighted by Crippen LogP contribution is -2.65. The number of ether oxygens (including phenoxy) is 1. The molecule has 2 saturated heterocycles. The van der Waals surface area contributed by atoms with Gasteiger partial charge in [0.05, 0.1) is 5.60 Å². The fourth-order valence-electron chi connectivity index (χ4n) is 2.34. The molecule has 3 heteroatoms. The lowest BCUT2D eigenvalue weighted by Gasteiger charge is -2.45. The zero-order valence-electron chi connectivity index (χ0n) is 7.97. The molecule has 0 saturated carbocycles. The summed E-state index contributed by atoms with van der Waals surface area (Å²) in [4.78, 5) is 2.39. The second kappa shape index (κ2) is 2.98. The molecule has 0 aliphatic carbocycles. The minimum atomic E-state index is 0.171. The summed E-state index contributed by atoms with van der Waals surface area (Å²) in [6.45, 7) is 4.52. The highest BCUT2D eigenvalue weighted by Gasteiger charge is 2.46. The first kappa shape index (κ1) is 8.48. The molecule has 12 heavy (non-hydrogen) atoms. The van der Waals surface area contributed by atoms with Crippen molar-refractivity contribution in [1.29, 1.82) is 0 Å². The van der Waals surface area contributed by atoms with Gasteiger partial charge in [-0.3, -0.25) is 0 Å². The second-order valence-electron chi connectivity index (χ2n) is 4.12. The van der Waals surface area contributed by atoms with Gasteiger partial charge in [-0.05, 0) is 20.0 Å². The van der Waals surface area contributed by atoms with Crippen LogP contribution in [0.1, 0.15) is 6.42 Å². The largest absolute Gasteiger partial charge is 0.375 e. The van der Waals surface area contributed by atoms with E-state index in [-0.39, 0.29) is 5.60 Å². The van der Waals surface area contributed by atoms with Crippen LogP contribution in [0.3, 0.4) is 0 Å². The Balaban J connectivity index is 1.98. The summed E-state index contributed by atoms with van der Waals surface area (Å²) in [6.07, 6.45) is 1.30. The van der Waals surface area contributed by atoms with Crippen LogP contribution in [-0.2, 0) is 4.74 Å². The van der Waals surface area contributed by atoms with Crippen molar-refractivity contribution >= 4 is 0 Å². The summed E-state index contributed by atoms with van der Waals surface area (Å²) in [7, 11) is 4.04. The molecule has 0 amide bonds. The van der Waals surface area contributed by atoms with Crippen LogP contribution in [0.5, 0.6) is 0 Å². The third-order valence-corrected chi connectivity index (χ3v) is 3.39. The molecule has 1 atom stereocenters. The van der Waals surface area contributed by atoms with Crippen molar-refractivity contribution in [3.8, 4) is 0 Å². The van der Waals surface area contributed by atoms with Gasteiger partial charge in [-0.15, -0.1) is 0 Å². The number of hydrogen-bond donors (Lipinski definition) is 1. The normalized spacial score (nSPS) is 35.0. The third-order valence-electron chi connectivity index (χ3n) is 3.39. The van der Waals surface area contributed by atoms with Gasteiger partial charge >= 0.3 is 0 Å². The summed E-state index contributed by atoms with van der Waals surface area (Å²) in [6, 6.07) is 0. The summed E-state index contributed by atoms with van der Waals surface area (Å²) in [5.74, 6) is 0.744. The molecule has 1 unspecified atom stereocenters. The van der Waals surface area contributed by atoms with E-state index in [2.05, 4.69) is 17.3 Å². The van der Waals surface area contributed by atoms with Gasteiger partial charge in [-0.2, -0.15) is 0 Å². The topological polar surface area (TPSA) is 24.5 Å². The molecular formula is C9H18N2O. The van der Waals surface area contributed by atoms with Crippen LogP contribution in [-0.4, -0.2) is 50.8 Å². The summed E-state index contributed by atoms with van der Waals surface area (Å²) >= 11 is 0. The molecule has 0 aromatic heterocycles. The highest BCUT2D eigenvalue weighted by atomic mass is 16.5. The maximum absolute atomic E-state index is 5.62. The smallest absolute Gasteiger partial charge is 0.0966 e. The molecule has 2 aliphatic heterocycles. The molecule has 0 aromatic rings. The average molecular weight is 170 g/mol. The lowest BCUT2D eigenvalue weighted by atomic mass is 9.81. The van der Waals surface area contributed by atoms with Crippen molar-refractivity contribution in [2.75, 3.05) is 40.3 Å². The van der Waals surface area contributed by atoms with Gasteiger partial charge in [0.15, 0.2) is 0 Å². The zero-order valence-corrected chi connectivity index (χ0v) is 7.97. The number of hydrogen-bond acceptors (Lipinski definition) is 3. The van der Waals surface area contributed by atoms with Crippen molar-refractivity contribution in [2.45, 2.75) is 12.0 Å². The first-order chi connectivity index (χ1) is 5.77. The number of methoxy groups -OCH3 is 1. The fraction of sp³-hybridized carbons (Fsp3) is 1.00. The van der Waals surface area contributed by atoms with E-state index in [4.69, 9.17) is 4.74 Å². The van der Waals surface area contributed by atoms with Crippen LogP contribution < -0.4 is 5.32 Å². The molecule has 0 radical (unpaired) electrons. The van der Waals surface area contributed by atoms with E-state index in [0.717, 1.165) is 19.0 Å². The Bertz CT molecular complexity index is 162. The number of rotatable bonds is 2. The number of nitrogens with one attached hydrogen (secondary N) is 1. The fourth-order valence-corrected chi connectivity index (χ4v) is 2.34. The minimum absolute atomic E-state index is 0.171. The molecule has 2 aliphatic rings. The molecule has 2 rings (SSSR count). The van der Waals surface area contributed by atoms with E-state index < -0.39 is 0 Å². The van der Waals surface area contributed by atoms with E-state index in [1.165, 1.54) is 19.5 Å². The van der Waals surface area contributed by atoms with E-state index in [9.17, 15) is 0 Å². The van der Waals surface area contributed by atoms with Crippen LogP contribution in [0, 0.1) is 5.92 Å². The molecule has 70 valence electrons. The van der Waals surface area contributed by atoms with Crippen LogP contribution in [0.2, 0.25) is 0 Å². The predicted molar refractivity (Wildman–Crippen MR) is 48.2 cm³/mol. The molecule has 0 aromatic carbocycles. The average Bonchev–Trinajstić information content (AvgIpc) is 2.35. The van der Waals surface area contributed by atoms with Gasteiger partial charge in [0, 0.05) is 32.7 Å². The van der Waals surface area contributed by atoms with Crippen molar-refractivity contribution in [3.05, 3.63) is 0 Å². The van der Waals surface area contributed by atoms with E-state index in [1.54, 1.807) is 0 Å². The molecule has 0 bridgehead atoms. The Morgan fingerprint density at radius 1 is 1.50 bits per heavy atom. The van der Waals surface area contributed by atoms with Crippen molar-refractivity contribution in [2.24, 2.45) is 5.92 Å². The molecular weight excluding hydrogens is 152 g/mol. The Hall–Kier alpha value is -0.120. The Morgan fingerprint density at radius 2 is 2.25 bits per heavy atom. The lowest BCUT2D eigenvalue weighted by molar-refractivity contribution is -0.0914. The minimum Gasteiger partial charge on any atom is -0.375 e. The molecule has 2 fully saturated rings. The predicted octanol–water partition coefficient (Wildman–Crippen LogP) is -0.0735. The monoisotopic (exact) mass is 170 g/mol. The van der Waals surface area contributed by atoms with Crippen LogP contribution in [0.25, 0.3) is 0 Å². The maximum atomic E-state index is 5.62. The highest BCUT2D eigenvalue weighted by molar-refractivity contribution is 5.02. The van der Waals surface area contributed by atoms with Crippen LogP contribution in [0.4, 0.5) is 0 Å². The number of nitrogens with zero attached hydrogens (tertiary/aromatic N) is 1. The maximum Gasteiger partial charge on any atom is 0.0966 e. The van der Waals surface area contributed by atoms with E-state index in [1.807, 2.05) is 7.11 Å². The van der Waals surface area contributed by atoms with Crippen LogP contribution >= 0.6 is 0 Å². The van der Waals surface area contributed by atoms with E-state index >= 15 is 0 Å². The zero-order chi connectivity index (χ0) is 8.60. The Labute approximate surface area is 74.1 Å². The number of likely N-dealkylation sites (tertiary alicyclic amines) is 1. The SMILES string of the molecule is COC1(C2CCN(C)C2)CNC1. The summed E-state index contributed by atoms with van der Waals surface area (Å²) < 4.78 is 5.62. The Morgan fingerprint density at radius 3 is 2.58 bits per heavy atom. The molecule has 3 nitrogen and oxygen atoms in total. The second-order valence-corrected chi connectivity index (χ2v) is 4.12. The third kappa shape index (κ3) is 1.16. The van der Waals surface area contributed by atoms with Crippen molar-refractivity contribution < 1.29 is 4.74 Å². The molecule has 1 N–H and O–H groups in total. The Kier molecular flexibility index (Phi) is 2.10. The van der Waals surface area contributed by atoms with Gasteiger partial charge in [0.25, 0.3) is 0 Å². The van der Waals surface area contributed by atoms with Gasteiger partial charge in [0.2, 0.25) is 0 Å². The van der Waals surface area contributed by atoms with E-state index in [0.29, 0.717) is 0 Å². The quantitative estimate of drug-likeness (QED) is 0.627. The first-order valence-corrected chi connectivity index (χ1v) is 4.71. The van der Waals surface area contributed by atoms with Crippen LogP contribution in [0.15, 0.2) is 0 Å². The van der Waals surface area contributed by atoms with Gasteiger partial charge in [-0.1, -0.05) is 0 Å². The molecule has 0 spiro atoms. The van der Waals surface area contributed by atoms with Gasteiger partial charge in [-0.25, -0.2) is 0 Å². The highest BCUT2D eigenvalue weighted by Crippen LogP contribution is 2.32. The van der Waals surface area contributed by atoms with Crippen molar-refractivity contribution in [3.63, 3.8) is 0 Å². The summed E-state index contributed by atoms with van der Waals surface area (Å²) in [5, 5.41) is 3.30. The van der Waals surface area contributed by atoms with Crippen molar-refractivity contribution in [1.82, 2.24) is 10.2 Å². The van der Waals surface area contributed by atoms with Gasteiger partial charge < -0.3 is 15.0 Å². The van der Waals surface area contributed by atoms with Gasteiger partial charge in [0.1, 0.15) is 0 Å². The molecule has 2 heterocycles. The first-order valence-electron chi connectivity index (χ1n) is 4.71. The standard InChI is InChI=1S/C9H18N2O/c1-11-4-3-8(5-11)9(12-2)6-10-7-9/h8,10H,3-7H2,1-2H3.